The molecule has 0 aliphatic heterocycles. The van der Waals surface area contributed by atoms with E-state index in [0.29, 0.717) is 17.2 Å². The molecule has 0 spiro atoms. The van der Waals surface area contributed by atoms with Gasteiger partial charge in [0, 0.05) is 17.3 Å². The molecule has 132 valence electrons. The fraction of sp³-hybridized carbons (Fsp3) is 0.100. The van der Waals surface area contributed by atoms with Gasteiger partial charge < -0.3 is 15.8 Å². The zero-order valence-corrected chi connectivity index (χ0v) is 14.4. The Bertz CT molecular complexity index is 956. The number of carbonyl (C=O) groups is 1. The molecule has 6 heteroatoms. The summed E-state index contributed by atoms with van der Waals surface area (Å²) in [5.41, 5.74) is 7.69. The minimum atomic E-state index is -0.687. The lowest BCUT2D eigenvalue weighted by atomic mass is 10.1. The van der Waals surface area contributed by atoms with Crippen LogP contribution in [0.4, 0.5) is 15.9 Å². The summed E-state index contributed by atoms with van der Waals surface area (Å²) >= 11 is 0. The molecule has 0 aliphatic carbocycles. The van der Waals surface area contributed by atoms with Gasteiger partial charge in [0.25, 0.3) is 5.91 Å². The molecular weight excluding hydrogens is 333 g/mol. The molecule has 0 saturated heterocycles. The van der Waals surface area contributed by atoms with Gasteiger partial charge in [-0.2, -0.15) is 4.39 Å². The van der Waals surface area contributed by atoms with Crippen molar-refractivity contribution >= 4 is 17.4 Å². The van der Waals surface area contributed by atoms with Crippen molar-refractivity contribution in [3.8, 4) is 11.5 Å². The molecule has 3 rings (SSSR count). The average molecular weight is 351 g/mol. The summed E-state index contributed by atoms with van der Waals surface area (Å²) in [6.45, 7) is 3.52. The molecule has 1 heterocycles. The number of aryl methyl sites for hydroxylation is 2. The Morgan fingerprint density at radius 3 is 2.54 bits per heavy atom. The third-order valence-corrected chi connectivity index (χ3v) is 3.77. The number of anilines is 2. The van der Waals surface area contributed by atoms with Crippen molar-refractivity contribution in [2.45, 2.75) is 13.8 Å². The molecule has 0 unspecified atom stereocenters. The van der Waals surface area contributed by atoms with Gasteiger partial charge in [-0.3, -0.25) is 4.79 Å². The number of nitrogens with one attached hydrogen (secondary N) is 1. The number of benzene rings is 2. The van der Waals surface area contributed by atoms with Gasteiger partial charge in [-0.05, 0) is 44.2 Å². The Morgan fingerprint density at radius 2 is 1.81 bits per heavy atom. The minimum Gasteiger partial charge on any atom is -0.457 e. The van der Waals surface area contributed by atoms with Crippen LogP contribution in [0.2, 0.25) is 0 Å². The second kappa shape index (κ2) is 7.23. The number of aromatic nitrogens is 1. The SMILES string of the molecule is Cc1ccc(Oc2cccc(NC(=O)c3cc(C)c(F)nc3N)c2)cc1. The summed E-state index contributed by atoms with van der Waals surface area (Å²) in [5.74, 6) is -0.0366. The molecule has 3 N–H and O–H groups in total. The van der Waals surface area contributed by atoms with E-state index < -0.39 is 11.9 Å². The van der Waals surface area contributed by atoms with E-state index in [0.717, 1.165) is 5.56 Å². The molecule has 0 saturated carbocycles. The Morgan fingerprint density at radius 1 is 1.08 bits per heavy atom. The lowest BCUT2D eigenvalue weighted by Crippen LogP contribution is -2.16. The number of rotatable bonds is 4. The molecule has 0 aliphatic rings. The number of hydrogen-bond donors (Lipinski definition) is 2. The molecular formula is C20H18FN3O2. The van der Waals surface area contributed by atoms with Crippen LogP contribution in [0.3, 0.4) is 0 Å². The number of halogens is 1. The van der Waals surface area contributed by atoms with Gasteiger partial charge in [0.15, 0.2) is 0 Å². The summed E-state index contributed by atoms with van der Waals surface area (Å²) in [4.78, 5) is 16.0. The normalized spacial score (nSPS) is 10.4. The number of ether oxygens (including phenoxy) is 1. The number of pyridine rings is 1. The first-order valence-electron chi connectivity index (χ1n) is 8.01. The van der Waals surface area contributed by atoms with E-state index in [1.807, 2.05) is 31.2 Å². The van der Waals surface area contributed by atoms with E-state index in [-0.39, 0.29) is 16.9 Å². The number of carbonyl (C=O) groups excluding carboxylic acids is 1. The Hall–Kier alpha value is -3.41. The van der Waals surface area contributed by atoms with Gasteiger partial charge in [0.2, 0.25) is 5.95 Å². The van der Waals surface area contributed by atoms with Crippen LogP contribution in [0.25, 0.3) is 0 Å². The number of amides is 1. The Kier molecular flexibility index (Phi) is 4.84. The van der Waals surface area contributed by atoms with E-state index >= 15 is 0 Å². The maximum atomic E-state index is 13.4. The highest BCUT2D eigenvalue weighted by Crippen LogP contribution is 2.25. The number of nitrogen functional groups attached to an aromatic ring is 1. The highest BCUT2D eigenvalue weighted by Gasteiger charge is 2.14. The zero-order valence-electron chi connectivity index (χ0n) is 14.4. The van der Waals surface area contributed by atoms with Gasteiger partial charge in [-0.25, -0.2) is 4.98 Å². The van der Waals surface area contributed by atoms with Crippen LogP contribution < -0.4 is 15.8 Å². The first-order chi connectivity index (χ1) is 12.4. The van der Waals surface area contributed by atoms with Crippen LogP contribution in [0, 0.1) is 19.8 Å². The van der Waals surface area contributed by atoms with Crippen LogP contribution in [0.5, 0.6) is 11.5 Å². The summed E-state index contributed by atoms with van der Waals surface area (Å²) in [5, 5.41) is 2.72. The molecule has 0 radical (unpaired) electrons. The van der Waals surface area contributed by atoms with Crippen molar-refractivity contribution in [3.05, 3.63) is 77.2 Å². The maximum absolute atomic E-state index is 13.4. The fourth-order valence-corrected chi connectivity index (χ4v) is 2.36. The smallest absolute Gasteiger partial charge is 0.259 e. The van der Waals surface area contributed by atoms with Crippen molar-refractivity contribution in [2.24, 2.45) is 0 Å². The summed E-state index contributed by atoms with van der Waals surface area (Å²) in [6.07, 6.45) is 0. The average Bonchev–Trinajstić information content (AvgIpc) is 2.60. The van der Waals surface area contributed by atoms with Crippen LogP contribution >= 0.6 is 0 Å². The lowest BCUT2D eigenvalue weighted by molar-refractivity contribution is 0.102. The second-order valence-electron chi connectivity index (χ2n) is 5.93. The Labute approximate surface area is 150 Å². The number of nitrogens with zero attached hydrogens (tertiary/aromatic N) is 1. The summed E-state index contributed by atoms with van der Waals surface area (Å²) < 4.78 is 19.2. The van der Waals surface area contributed by atoms with Crippen LogP contribution in [0.15, 0.2) is 54.6 Å². The largest absolute Gasteiger partial charge is 0.457 e. The number of hydrogen-bond acceptors (Lipinski definition) is 4. The molecule has 3 aromatic rings. The summed E-state index contributed by atoms with van der Waals surface area (Å²) in [6, 6.07) is 16.0. The van der Waals surface area contributed by atoms with Gasteiger partial charge in [-0.15, -0.1) is 0 Å². The van der Waals surface area contributed by atoms with E-state index in [4.69, 9.17) is 10.5 Å². The van der Waals surface area contributed by atoms with Gasteiger partial charge >= 0.3 is 0 Å². The Balaban J connectivity index is 1.77. The third-order valence-electron chi connectivity index (χ3n) is 3.77. The maximum Gasteiger partial charge on any atom is 0.259 e. The predicted octanol–water partition coefficient (Wildman–Crippen LogP) is 4.46. The molecule has 1 amide bonds. The number of nitrogens with two attached hydrogens (primary N) is 1. The molecule has 0 bridgehead atoms. The molecule has 5 nitrogen and oxygen atoms in total. The van der Waals surface area contributed by atoms with Crippen LogP contribution in [-0.2, 0) is 0 Å². The first kappa shape index (κ1) is 17.4. The quantitative estimate of drug-likeness (QED) is 0.680. The molecule has 0 atom stereocenters. The molecule has 2 aromatic carbocycles. The van der Waals surface area contributed by atoms with Crippen LogP contribution in [-0.4, -0.2) is 10.9 Å². The topological polar surface area (TPSA) is 77.2 Å². The monoisotopic (exact) mass is 351 g/mol. The highest BCUT2D eigenvalue weighted by atomic mass is 19.1. The van der Waals surface area contributed by atoms with Gasteiger partial charge in [-0.1, -0.05) is 23.8 Å². The molecule has 0 fully saturated rings. The molecule has 26 heavy (non-hydrogen) atoms. The van der Waals surface area contributed by atoms with Crippen LogP contribution in [0.1, 0.15) is 21.5 Å². The van der Waals surface area contributed by atoms with Crippen molar-refractivity contribution in [3.63, 3.8) is 0 Å². The predicted molar refractivity (Wildman–Crippen MR) is 99.0 cm³/mol. The van der Waals surface area contributed by atoms with Gasteiger partial charge in [0.1, 0.15) is 17.3 Å². The van der Waals surface area contributed by atoms with Crippen molar-refractivity contribution in [2.75, 3.05) is 11.1 Å². The zero-order chi connectivity index (χ0) is 18.7. The fourth-order valence-electron chi connectivity index (χ4n) is 2.36. The summed E-state index contributed by atoms with van der Waals surface area (Å²) in [7, 11) is 0. The minimum absolute atomic E-state index is 0.119. The van der Waals surface area contributed by atoms with E-state index in [1.54, 1.807) is 24.3 Å². The van der Waals surface area contributed by atoms with Crippen molar-refractivity contribution in [1.29, 1.82) is 0 Å². The first-order valence-corrected chi connectivity index (χ1v) is 8.01. The second-order valence-corrected chi connectivity index (χ2v) is 5.93. The van der Waals surface area contributed by atoms with Gasteiger partial charge in [0.05, 0.1) is 5.56 Å². The highest BCUT2D eigenvalue weighted by molar-refractivity contribution is 6.07. The van der Waals surface area contributed by atoms with E-state index in [9.17, 15) is 9.18 Å². The molecule has 1 aromatic heterocycles. The van der Waals surface area contributed by atoms with Crippen molar-refractivity contribution < 1.29 is 13.9 Å². The standard InChI is InChI=1S/C20H18FN3O2/c1-12-6-8-15(9-7-12)26-16-5-3-4-14(11-16)23-20(25)17-10-13(2)18(21)24-19(17)22/h3-11H,1-2H3,(H2,22,24)(H,23,25). The lowest BCUT2D eigenvalue weighted by Gasteiger charge is -2.10. The third kappa shape index (κ3) is 3.97. The van der Waals surface area contributed by atoms with Crippen molar-refractivity contribution in [1.82, 2.24) is 4.98 Å². The van der Waals surface area contributed by atoms with E-state index in [2.05, 4.69) is 10.3 Å². The van der Waals surface area contributed by atoms with E-state index in [1.165, 1.54) is 13.0 Å².